The lowest BCUT2D eigenvalue weighted by atomic mass is 10.1. The van der Waals surface area contributed by atoms with E-state index in [1.165, 1.54) is 12.4 Å². The summed E-state index contributed by atoms with van der Waals surface area (Å²) < 4.78 is 7.96. The second-order valence-electron chi connectivity index (χ2n) is 8.88. The molecule has 182 valence electrons. The topological polar surface area (TPSA) is 101 Å². The van der Waals surface area contributed by atoms with E-state index in [0.717, 1.165) is 31.6 Å². The van der Waals surface area contributed by atoms with Crippen LogP contribution in [0.25, 0.3) is 10.9 Å². The number of nitrogens with one attached hydrogen (secondary N) is 2. The largest absolute Gasteiger partial charge is 0.486 e. The van der Waals surface area contributed by atoms with Gasteiger partial charge in [-0.05, 0) is 51.1 Å². The number of nitrogens with zero attached hydrogens (tertiary/aromatic N) is 5. The number of pyridine rings is 1. The van der Waals surface area contributed by atoms with Gasteiger partial charge in [0.2, 0.25) is 0 Å². The molecule has 0 aliphatic carbocycles. The first kappa shape index (κ1) is 23.6. The fourth-order valence-corrected chi connectivity index (χ4v) is 5.14. The van der Waals surface area contributed by atoms with Gasteiger partial charge in [0.05, 0.1) is 27.4 Å². The smallest absolute Gasteiger partial charge is 0.276 e. The lowest BCUT2D eigenvalue weighted by Crippen LogP contribution is -2.17. The van der Waals surface area contributed by atoms with Crippen molar-refractivity contribution in [1.29, 1.82) is 0 Å². The zero-order valence-corrected chi connectivity index (χ0v) is 20.8. The summed E-state index contributed by atoms with van der Waals surface area (Å²) in [5.41, 5.74) is 2.26. The summed E-state index contributed by atoms with van der Waals surface area (Å²) in [6, 6.07) is 5.38. The van der Waals surface area contributed by atoms with Gasteiger partial charge in [-0.15, -0.1) is 0 Å². The third-order valence-corrected chi connectivity index (χ3v) is 6.79. The number of halogens is 2. The van der Waals surface area contributed by atoms with Crippen molar-refractivity contribution in [2.45, 2.75) is 26.0 Å². The number of aromatic nitrogens is 5. The average molecular weight is 514 g/mol. The molecule has 1 fully saturated rings. The molecule has 9 nitrogen and oxygen atoms in total. The van der Waals surface area contributed by atoms with Crippen LogP contribution in [0.3, 0.4) is 0 Å². The molecule has 35 heavy (non-hydrogen) atoms. The quantitative estimate of drug-likeness (QED) is 0.367. The normalized spacial score (nSPS) is 17.1. The first-order valence-electron chi connectivity index (χ1n) is 11.3. The van der Waals surface area contributed by atoms with Crippen molar-refractivity contribution in [3.8, 4) is 5.75 Å². The van der Waals surface area contributed by atoms with Crippen molar-refractivity contribution in [1.82, 2.24) is 29.9 Å². The van der Waals surface area contributed by atoms with Gasteiger partial charge in [-0.2, -0.15) is 10.2 Å². The van der Waals surface area contributed by atoms with Crippen LogP contribution in [0.2, 0.25) is 10.0 Å². The highest BCUT2D eigenvalue weighted by molar-refractivity contribution is 6.35. The van der Waals surface area contributed by atoms with Crippen molar-refractivity contribution in [3.63, 3.8) is 0 Å². The van der Waals surface area contributed by atoms with Crippen LogP contribution in [0.4, 0.5) is 5.69 Å². The van der Waals surface area contributed by atoms with Crippen molar-refractivity contribution in [2.75, 3.05) is 25.5 Å². The summed E-state index contributed by atoms with van der Waals surface area (Å²) in [6.45, 7) is 4.84. The molecule has 0 bridgehead atoms. The molecule has 1 aliphatic rings. The number of hydrogen-bond acceptors (Lipinski definition) is 6. The van der Waals surface area contributed by atoms with E-state index in [1.54, 1.807) is 18.3 Å². The highest BCUT2D eigenvalue weighted by atomic mass is 35.5. The third-order valence-electron chi connectivity index (χ3n) is 6.18. The van der Waals surface area contributed by atoms with Gasteiger partial charge >= 0.3 is 0 Å². The van der Waals surface area contributed by atoms with Crippen molar-refractivity contribution < 1.29 is 9.53 Å². The summed E-state index contributed by atoms with van der Waals surface area (Å²) in [5.74, 6) is 0.789. The number of carbonyl (C=O) groups excluding carboxylic acids is 1. The zero-order valence-electron chi connectivity index (χ0n) is 19.3. The Balaban J connectivity index is 1.30. The van der Waals surface area contributed by atoms with Crippen molar-refractivity contribution in [2.24, 2.45) is 5.92 Å². The fourth-order valence-electron chi connectivity index (χ4n) is 4.47. The summed E-state index contributed by atoms with van der Waals surface area (Å²) in [5, 5.41) is 15.9. The Bertz CT molecular complexity index is 1350. The molecule has 1 aromatic carbocycles. The van der Waals surface area contributed by atoms with Crippen LogP contribution in [0.1, 0.15) is 35.5 Å². The fraction of sp³-hybridized carbons (Fsp3) is 0.333. The Morgan fingerprint density at radius 3 is 2.83 bits per heavy atom. The molecular formula is C24H25Cl2N7O2. The second kappa shape index (κ2) is 9.85. The highest BCUT2D eigenvalue weighted by Crippen LogP contribution is 2.33. The monoisotopic (exact) mass is 513 g/mol. The molecule has 4 aromatic rings. The molecule has 11 heteroatoms. The van der Waals surface area contributed by atoms with E-state index in [9.17, 15) is 4.79 Å². The molecule has 0 radical (unpaired) electrons. The van der Waals surface area contributed by atoms with E-state index < -0.39 is 6.10 Å². The summed E-state index contributed by atoms with van der Waals surface area (Å²) >= 11 is 12.5. The average Bonchev–Trinajstić information content (AvgIpc) is 3.54. The SMILES string of the molecule is C[C@@H](Oc1ccc2[nH]nc(C(=O)Nc3cnn(C[C@@H]4CCN(C)C4)c3)c2c1)c1c(Cl)cncc1Cl. The van der Waals surface area contributed by atoms with E-state index in [1.807, 2.05) is 23.9 Å². The molecule has 2 N–H and O–H groups in total. The van der Waals surface area contributed by atoms with Crippen LogP contribution in [0.5, 0.6) is 5.75 Å². The zero-order chi connectivity index (χ0) is 24.5. The number of carbonyl (C=O) groups is 1. The van der Waals surface area contributed by atoms with Crippen LogP contribution >= 0.6 is 23.2 Å². The molecule has 4 heterocycles. The van der Waals surface area contributed by atoms with Crippen molar-refractivity contribution in [3.05, 3.63) is 64.3 Å². The Morgan fingerprint density at radius 1 is 1.29 bits per heavy atom. The van der Waals surface area contributed by atoms with E-state index in [0.29, 0.717) is 38.3 Å². The van der Waals surface area contributed by atoms with Crippen LogP contribution in [0, 0.1) is 5.92 Å². The Hall–Kier alpha value is -3.14. The highest BCUT2D eigenvalue weighted by Gasteiger charge is 2.21. The van der Waals surface area contributed by atoms with Gasteiger partial charge in [-0.3, -0.25) is 19.6 Å². The second-order valence-corrected chi connectivity index (χ2v) is 9.69. The molecular weight excluding hydrogens is 489 g/mol. The minimum Gasteiger partial charge on any atom is -0.486 e. The number of aromatic amines is 1. The molecule has 3 aromatic heterocycles. The lowest BCUT2D eigenvalue weighted by molar-refractivity contribution is 0.102. The predicted octanol–water partition coefficient (Wildman–Crippen LogP) is 4.81. The minimum absolute atomic E-state index is 0.267. The molecule has 2 atom stereocenters. The summed E-state index contributed by atoms with van der Waals surface area (Å²) in [4.78, 5) is 19.3. The van der Waals surface area contributed by atoms with Crippen LogP contribution in [0.15, 0.2) is 43.0 Å². The molecule has 0 saturated carbocycles. The predicted molar refractivity (Wildman–Crippen MR) is 135 cm³/mol. The summed E-state index contributed by atoms with van der Waals surface area (Å²) in [7, 11) is 2.13. The van der Waals surface area contributed by atoms with Gasteiger partial charge in [0, 0.05) is 42.6 Å². The van der Waals surface area contributed by atoms with Crippen LogP contribution in [-0.2, 0) is 6.54 Å². The van der Waals surface area contributed by atoms with Gasteiger partial charge in [0.15, 0.2) is 5.69 Å². The number of benzene rings is 1. The van der Waals surface area contributed by atoms with E-state index in [-0.39, 0.29) is 11.6 Å². The lowest BCUT2D eigenvalue weighted by Gasteiger charge is -2.17. The maximum absolute atomic E-state index is 13.0. The van der Waals surface area contributed by atoms with E-state index in [2.05, 4.69) is 37.5 Å². The molecule has 0 spiro atoms. The Labute approximate surface area is 212 Å². The van der Waals surface area contributed by atoms with Gasteiger partial charge < -0.3 is 15.0 Å². The van der Waals surface area contributed by atoms with Gasteiger partial charge in [-0.25, -0.2) is 0 Å². The first-order chi connectivity index (χ1) is 16.9. The third kappa shape index (κ3) is 5.12. The molecule has 0 unspecified atom stereocenters. The number of amides is 1. The van der Waals surface area contributed by atoms with E-state index >= 15 is 0 Å². The number of likely N-dealkylation sites (tertiary alicyclic amines) is 1. The standard InChI is InChI=1S/C24H25Cl2N7O2/c1-14(22-19(25)9-27-10-20(22)26)35-17-3-4-21-18(7-17)23(31-30-21)24(34)29-16-8-28-33(13-16)12-15-5-6-32(2)11-15/h3-4,7-10,13-15H,5-6,11-12H2,1-2H3,(H,29,34)(H,30,31)/t14-,15-/m1/s1. The van der Waals surface area contributed by atoms with Gasteiger partial charge in [0.25, 0.3) is 5.91 Å². The number of rotatable bonds is 7. The minimum atomic E-state index is -0.426. The molecule has 1 saturated heterocycles. The van der Waals surface area contributed by atoms with Gasteiger partial charge in [0.1, 0.15) is 11.9 Å². The van der Waals surface area contributed by atoms with Crippen molar-refractivity contribution >= 4 is 45.7 Å². The number of H-pyrrole nitrogens is 1. The van der Waals surface area contributed by atoms with Crippen LogP contribution < -0.4 is 10.1 Å². The maximum Gasteiger partial charge on any atom is 0.276 e. The maximum atomic E-state index is 13.0. The number of hydrogen-bond donors (Lipinski definition) is 2. The number of ether oxygens (including phenoxy) is 1. The molecule has 1 amide bonds. The Kier molecular flexibility index (Phi) is 6.64. The first-order valence-corrected chi connectivity index (χ1v) is 12.1. The Morgan fingerprint density at radius 2 is 2.09 bits per heavy atom. The van der Waals surface area contributed by atoms with Gasteiger partial charge in [-0.1, -0.05) is 23.2 Å². The van der Waals surface area contributed by atoms with Crippen LogP contribution in [-0.4, -0.2) is 55.9 Å². The number of fused-ring (bicyclic) bond motifs is 1. The molecule has 5 rings (SSSR count). The van der Waals surface area contributed by atoms with E-state index in [4.69, 9.17) is 27.9 Å². The molecule has 1 aliphatic heterocycles. The summed E-state index contributed by atoms with van der Waals surface area (Å²) in [6.07, 6.45) is 7.29. The number of anilines is 1.